The van der Waals surface area contributed by atoms with Crippen LogP contribution >= 0.6 is 0 Å². The van der Waals surface area contributed by atoms with Crippen molar-refractivity contribution < 1.29 is 4.79 Å². The molecule has 2 aliphatic carbocycles. The molecule has 1 atom stereocenters. The Morgan fingerprint density at radius 2 is 1.62 bits per heavy atom. The molecular weight excluding hydrogens is 356 g/mol. The van der Waals surface area contributed by atoms with Gasteiger partial charge in [0.1, 0.15) is 0 Å². The van der Waals surface area contributed by atoms with Crippen LogP contribution in [0.1, 0.15) is 53.6 Å². The number of nitrogens with zero attached hydrogens (tertiary/aromatic N) is 2. The fourth-order valence-corrected chi connectivity index (χ4v) is 4.71. The number of aryl methyl sites for hydroxylation is 2. The lowest BCUT2D eigenvalue weighted by Gasteiger charge is -2.35. The maximum atomic E-state index is 13.4. The number of carbonyl (C=O) groups is 1. The molecule has 0 radical (unpaired) electrons. The van der Waals surface area contributed by atoms with E-state index in [-0.39, 0.29) is 5.91 Å². The van der Waals surface area contributed by atoms with Gasteiger partial charge in [0.05, 0.1) is 6.54 Å². The van der Waals surface area contributed by atoms with Gasteiger partial charge in [0.2, 0.25) is 0 Å². The van der Waals surface area contributed by atoms with Crippen LogP contribution in [0, 0.1) is 0 Å². The van der Waals surface area contributed by atoms with Crippen LogP contribution in [0.2, 0.25) is 0 Å². The molecular formula is C26H28N2O. The lowest BCUT2D eigenvalue weighted by Crippen LogP contribution is -2.43. The molecule has 29 heavy (non-hydrogen) atoms. The summed E-state index contributed by atoms with van der Waals surface area (Å²) >= 11 is 0. The minimum atomic E-state index is 0.214. The van der Waals surface area contributed by atoms with Crippen molar-refractivity contribution in [2.45, 2.75) is 57.0 Å². The second kappa shape index (κ2) is 7.98. The molecule has 0 spiro atoms. The SMILES string of the molecule is O=C(c1ccc(CCc2ccccc2)cc1)N(C1CC1)C1CCC2=C(C=NC2)C1. The van der Waals surface area contributed by atoms with Gasteiger partial charge in [0, 0.05) is 23.9 Å². The molecule has 2 aromatic rings. The molecule has 0 bridgehead atoms. The summed E-state index contributed by atoms with van der Waals surface area (Å²) < 4.78 is 0. The molecule has 3 heteroatoms. The zero-order chi connectivity index (χ0) is 19.6. The van der Waals surface area contributed by atoms with Crippen molar-refractivity contribution in [2.75, 3.05) is 6.54 Å². The molecule has 1 heterocycles. The molecule has 1 amide bonds. The van der Waals surface area contributed by atoms with E-state index in [0.717, 1.165) is 57.1 Å². The number of hydrogen-bond donors (Lipinski definition) is 0. The van der Waals surface area contributed by atoms with Gasteiger partial charge in [0.25, 0.3) is 5.91 Å². The largest absolute Gasteiger partial charge is 0.332 e. The molecule has 0 aromatic heterocycles. The molecule has 148 valence electrons. The van der Waals surface area contributed by atoms with Crippen LogP contribution in [0.25, 0.3) is 0 Å². The predicted molar refractivity (Wildman–Crippen MR) is 118 cm³/mol. The second-order valence-electron chi connectivity index (χ2n) is 8.62. The molecule has 3 aliphatic rings. The van der Waals surface area contributed by atoms with Crippen molar-refractivity contribution in [1.82, 2.24) is 4.90 Å². The van der Waals surface area contributed by atoms with E-state index in [1.54, 1.807) is 0 Å². The summed E-state index contributed by atoms with van der Waals surface area (Å²) in [5.74, 6) is 0.214. The Morgan fingerprint density at radius 1 is 0.897 bits per heavy atom. The Labute approximate surface area is 173 Å². The molecule has 1 unspecified atom stereocenters. The Morgan fingerprint density at radius 3 is 2.34 bits per heavy atom. The first-order valence-corrected chi connectivity index (χ1v) is 10.9. The van der Waals surface area contributed by atoms with Gasteiger partial charge in [-0.3, -0.25) is 9.79 Å². The summed E-state index contributed by atoms with van der Waals surface area (Å²) in [6.45, 7) is 0.879. The molecule has 0 N–H and O–H groups in total. The highest BCUT2D eigenvalue weighted by Gasteiger charge is 2.39. The van der Waals surface area contributed by atoms with Gasteiger partial charge in [-0.25, -0.2) is 0 Å². The van der Waals surface area contributed by atoms with Gasteiger partial charge in [-0.2, -0.15) is 0 Å². The quantitative estimate of drug-likeness (QED) is 0.689. The summed E-state index contributed by atoms with van der Waals surface area (Å²) in [7, 11) is 0. The number of aliphatic imine (C=N–C) groups is 1. The first-order valence-electron chi connectivity index (χ1n) is 10.9. The maximum absolute atomic E-state index is 13.4. The number of rotatable bonds is 6. The van der Waals surface area contributed by atoms with E-state index in [1.807, 2.05) is 18.3 Å². The summed E-state index contributed by atoms with van der Waals surface area (Å²) in [5.41, 5.74) is 6.36. The van der Waals surface area contributed by atoms with E-state index >= 15 is 0 Å². The van der Waals surface area contributed by atoms with E-state index < -0.39 is 0 Å². The second-order valence-corrected chi connectivity index (χ2v) is 8.62. The standard InChI is InChI=1S/C26H28N2O/c29-26(21-10-8-20(9-11-21)7-6-19-4-2-1-3-5-19)28(24-14-15-24)25-13-12-22-17-27-18-23(22)16-25/h1-5,8-11,18,24-25H,6-7,12-17H2. The number of amides is 1. The monoisotopic (exact) mass is 384 g/mol. The molecule has 2 aromatic carbocycles. The average molecular weight is 385 g/mol. The van der Waals surface area contributed by atoms with Crippen molar-refractivity contribution in [1.29, 1.82) is 0 Å². The highest BCUT2D eigenvalue weighted by atomic mass is 16.2. The van der Waals surface area contributed by atoms with Crippen LogP contribution in [-0.4, -0.2) is 35.7 Å². The zero-order valence-corrected chi connectivity index (χ0v) is 16.9. The first-order chi connectivity index (χ1) is 14.3. The number of benzene rings is 2. The Bertz CT molecular complexity index is 938. The summed E-state index contributed by atoms with van der Waals surface area (Å²) in [5, 5.41) is 0. The third-order valence-electron chi connectivity index (χ3n) is 6.53. The van der Waals surface area contributed by atoms with E-state index in [0.29, 0.717) is 12.1 Å². The minimum Gasteiger partial charge on any atom is -0.332 e. The Hall–Kier alpha value is -2.68. The van der Waals surface area contributed by atoms with Crippen LogP contribution in [0.5, 0.6) is 0 Å². The van der Waals surface area contributed by atoms with Crippen molar-refractivity contribution in [3.63, 3.8) is 0 Å². The molecule has 1 aliphatic heterocycles. The Kier molecular flexibility index (Phi) is 5.05. The minimum absolute atomic E-state index is 0.214. The van der Waals surface area contributed by atoms with E-state index in [2.05, 4.69) is 52.4 Å². The van der Waals surface area contributed by atoms with Crippen molar-refractivity contribution in [3.8, 4) is 0 Å². The van der Waals surface area contributed by atoms with Gasteiger partial charge in [-0.1, -0.05) is 42.5 Å². The molecule has 1 fully saturated rings. The van der Waals surface area contributed by atoms with E-state index in [1.165, 1.54) is 22.3 Å². The summed E-state index contributed by atoms with van der Waals surface area (Å²) in [6, 6.07) is 19.7. The molecule has 5 rings (SSSR count). The fraction of sp³-hybridized carbons (Fsp3) is 0.385. The lowest BCUT2D eigenvalue weighted by molar-refractivity contribution is 0.0645. The normalized spacial score (nSPS) is 20.6. The Balaban J connectivity index is 1.26. The average Bonchev–Trinajstić information content (AvgIpc) is 3.49. The summed E-state index contributed by atoms with van der Waals surface area (Å²) in [6.07, 6.45) is 9.53. The van der Waals surface area contributed by atoms with Crippen molar-refractivity contribution in [3.05, 3.63) is 82.4 Å². The van der Waals surface area contributed by atoms with Crippen LogP contribution < -0.4 is 0 Å². The fourth-order valence-electron chi connectivity index (χ4n) is 4.71. The van der Waals surface area contributed by atoms with Gasteiger partial charge in [0.15, 0.2) is 0 Å². The topological polar surface area (TPSA) is 32.7 Å². The lowest BCUT2D eigenvalue weighted by atomic mass is 9.88. The third kappa shape index (κ3) is 4.05. The van der Waals surface area contributed by atoms with Gasteiger partial charge in [-0.15, -0.1) is 0 Å². The van der Waals surface area contributed by atoms with Crippen molar-refractivity contribution >= 4 is 12.1 Å². The highest BCUT2D eigenvalue weighted by Crippen LogP contribution is 2.37. The number of hydrogen-bond acceptors (Lipinski definition) is 2. The maximum Gasteiger partial charge on any atom is 0.254 e. The van der Waals surface area contributed by atoms with Crippen LogP contribution in [0.15, 0.2) is 70.7 Å². The summed E-state index contributed by atoms with van der Waals surface area (Å²) in [4.78, 5) is 20.0. The van der Waals surface area contributed by atoms with Gasteiger partial charge in [-0.05, 0) is 79.4 Å². The predicted octanol–water partition coefficient (Wildman–Crippen LogP) is 5.01. The van der Waals surface area contributed by atoms with Crippen LogP contribution in [0.4, 0.5) is 0 Å². The zero-order valence-electron chi connectivity index (χ0n) is 16.9. The highest BCUT2D eigenvalue weighted by molar-refractivity contribution is 5.95. The molecule has 1 saturated carbocycles. The molecule has 3 nitrogen and oxygen atoms in total. The van der Waals surface area contributed by atoms with Gasteiger partial charge < -0.3 is 4.90 Å². The van der Waals surface area contributed by atoms with E-state index in [9.17, 15) is 4.79 Å². The first kappa shape index (κ1) is 18.4. The third-order valence-corrected chi connectivity index (χ3v) is 6.53. The smallest absolute Gasteiger partial charge is 0.254 e. The van der Waals surface area contributed by atoms with E-state index in [4.69, 9.17) is 0 Å². The number of carbonyl (C=O) groups excluding carboxylic acids is 1. The van der Waals surface area contributed by atoms with Crippen molar-refractivity contribution in [2.24, 2.45) is 4.99 Å². The van der Waals surface area contributed by atoms with Crippen LogP contribution in [-0.2, 0) is 12.8 Å². The molecule has 0 saturated heterocycles. The van der Waals surface area contributed by atoms with Crippen LogP contribution in [0.3, 0.4) is 0 Å². The van der Waals surface area contributed by atoms with Gasteiger partial charge >= 0.3 is 0 Å².